The molecule has 0 radical (unpaired) electrons. The van der Waals surface area contributed by atoms with Crippen LogP contribution in [0.3, 0.4) is 0 Å². The molecule has 0 spiro atoms. The van der Waals surface area contributed by atoms with Crippen molar-refractivity contribution < 1.29 is 9.90 Å². The maximum atomic E-state index is 12.6. The largest absolute Gasteiger partial charge is 0.387 e. The first-order valence-corrected chi connectivity index (χ1v) is 9.84. The summed E-state index contributed by atoms with van der Waals surface area (Å²) < 4.78 is 0. The molecule has 1 saturated heterocycles. The Bertz CT molecular complexity index is 1050. The molecule has 4 rings (SSSR count). The van der Waals surface area contributed by atoms with Crippen LogP contribution in [0.5, 0.6) is 0 Å². The zero-order chi connectivity index (χ0) is 19.7. The van der Waals surface area contributed by atoms with Gasteiger partial charge in [0.15, 0.2) is 0 Å². The van der Waals surface area contributed by atoms with Crippen LogP contribution < -0.4 is 10.6 Å². The molecule has 3 aromatic rings. The van der Waals surface area contributed by atoms with Crippen LogP contribution in [0.15, 0.2) is 54.6 Å². The summed E-state index contributed by atoms with van der Waals surface area (Å²) in [5, 5.41) is 19.2. The molecule has 1 aliphatic rings. The summed E-state index contributed by atoms with van der Waals surface area (Å²) in [6.07, 6.45) is 0.646. The van der Waals surface area contributed by atoms with Crippen LogP contribution in [0.2, 0.25) is 5.02 Å². The van der Waals surface area contributed by atoms with Crippen molar-refractivity contribution in [3.63, 3.8) is 0 Å². The van der Waals surface area contributed by atoms with Gasteiger partial charge in [0, 0.05) is 23.7 Å². The van der Waals surface area contributed by atoms with Crippen molar-refractivity contribution in [1.82, 2.24) is 10.6 Å². The number of hydrogen-bond donors (Lipinski definition) is 3. The number of aliphatic hydroxyl groups is 1. The molecule has 1 fully saturated rings. The van der Waals surface area contributed by atoms with Gasteiger partial charge in [-0.05, 0) is 65.6 Å². The highest BCUT2D eigenvalue weighted by molar-refractivity contribution is 6.31. The fourth-order valence-corrected chi connectivity index (χ4v) is 3.96. The van der Waals surface area contributed by atoms with Gasteiger partial charge in [0.1, 0.15) is 0 Å². The average Bonchev–Trinajstić information content (AvgIpc) is 3.14. The second kappa shape index (κ2) is 8.72. The highest BCUT2D eigenvalue weighted by atomic mass is 35.5. The Kier molecular flexibility index (Phi) is 6.49. The molecule has 1 aliphatic heterocycles. The van der Waals surface area contributed by atoms with E-state index in [1.54, 1.807) is 0 Å². The van der Waals surface area contributed by atoms with E-state index in [9.17, 15) is 9.90 Å². The molecule has 29 heavy (non-hydrogen) atoms. The standard InChI is InChI=1S/C23H23ClN2O2.ClH/c1-15-18(5-3-7-21(15)24)20-6-2-4-16-12-17(8-9-19(16)20)22(27)26-14-23(28)10-11-25-13-23;/h2-9,12,25,28H,10-11,13-14H2,1H3,(H,26,27);1H. The second-order valence-electron chi connectivity index (χ2n) is 7.49. The van der Waals surface area contributed by atoms with Gasteiger partial charge in [-0.2, -0.15) is 0 Å². The molecule has 1 heterocycles. The molecule has 0 aliphatic carbocycles. The zero-order valence-electron chi connectivity index (χ0n) is 16.2. The van der Waals surface area contributed by atoms with Crippen LogP contribution in [-0.4, -0.2) is 36.2 Å². The third-order valence-electron chi connectivity index (χ3n) is 5.50. The van der Waals surface area contributed by atoms with Crippen molar-refractivity contribution in [2.75, 3.05) is 19.6 Å². The van der Waals surface area contributed by atoms with Crippen LogP contribution in [0.1, 0.15) is 22.3 Å². The predicted molar refractivity (Wildman–Crippen MR) is 121 cm³/mol. The van der Waals surface area contributed by atoms with Crippen molar-refractivity contribution in [3.8, 4) is 11.1 Å². The van der Waals surface area contributed by atoms with Crippen LogP contribution >= 0.6 is 24.0 Å². The highest BCUT2D eigenvalue weighted by Crippen LogP contribution is 2.33. The maximum Gasteiger partial charge on any atom is 0.251 e. The van der Waals surface area contributed by atoms with Crippen LogP contribution in [0.4, 0.5) is 0 Å². The Morgan fingerprint density at radius 1 is 1.17 bits per heavy atom. The molecule has 0 saturated carbocycles. The minimum absolute atomic E-state index is 0. The van der Waals surface area contributed by atoms with Gasteiger partial charge in [0.25, 0.3) is 5.91 Å². The Labute approximate surface area is 181 Å². The molecule has 1 atom stereocenters. The fraction of sp³-hybridized carbons (Fsp3) is 0.261. The second-order valence-corrected chi connectivity index (χ2v) is 7.89. The van der Waals surface area contributed by atoms with Crippen LogP contribution in [-0.2, 0) is 0 Å². The van der Waals surface area contributed by atoms with E-state index in [2.05, 4.69) is 22.8 Å². The smallest absolute Gasteiger partial charge is 0.251 e. The normalized spacial score (nSPS) is 18.4. The van der Waals surface area contributed by atoms with Gasteiger partial charge in [0.2, 0.25) is 0 Å². The highest BCUT2D eigenvalue weighted by Gasteiger charge is 2.31. The number of carbonyl (C=O) groups is 1. The number of benzene rings is 3. The fourth-order valence-electron chi connectivity index (χ4n) is 3.79. The Balaban J connectivity index is 0.00000240. The summed E-state index contributed by atoms with van der Waals surface area (Å²) in [6, 6.07) is 17.7. The quantitative estimate of drug-likeness (QED) is 0.576. The molecular weight excluding hydrogens is 407 g/mol. The minimum atomic E-state index is -0.857. The van der Waals surface area contributed by atoms with E-state index in [0.717, 1.165) is 39.0 Å². The summed E-state index contributed by atoms with van der Waals surface area (Å²) in [5.41, 5.74) is 2.95. The number of hydrogen-bond acceptors (Lipinski definition) is 3. The van der Waals surface area contributed by atoms with Gasteiger partial charge in [-0.1, -0.05) is 48.0 Å². The number of amides is 1. The zero-order valence-corrected chi connectivity index (χ0v) is 17.7. The summed E-state index contributed by atoms with van der Waals surface area (Å²) in [6.45, 7) is 3.54. The lowest BCUT2D eigenvalue weighted by molar-refractivity contribution is 0.0562. The molecule has 4 nitrogen and oxygen atoms in total. The lowest BCUT2D eigenvalue weighted by atomic mass is 9.94. The maximum absolute atomic E-state index is 12.6. The number of β-amino-alcohol motifs (C(OH)–C–C–N with tert-alkyl or cyclic N) is 1. The Morgan fingerprint density at radius 2 is 1.93 bits per heavy atom. The van der Waals surface area contributed by atoms with E-state index in [1.807, 2.05) is 49.4 Å². The monoisotopic (exact) mass is 430 g/mol. The molecular formula is C23H24Cl2N2O2. The summed E-state index contributed by atoms with van der Waals surface area (Å²) in [4.78, 5) is 12.6. The first-order valence-electron chi connectivity index (χ1n) is 9.46. The molecule has 0 bridgehead atoms. The topological polar surface area (TPSA) is 61.4 Å². The first-order chi connectivity index (χ1) is 13.5. The third kappa shape index (κ3) is 4.41. The van der Waals surface area contributed by atoms with Gasteiger partial charge in [-0.25, -0.2) is 0 Å². The lowest BCUT2D eigenvalue weighted by Crippen LogP contribution is -2.44. The van der Waals surface area contributed by atoms with Crippen LogP contribution in [0, 0.1) is 6.92 Å². The van der Waals surface area contributed by atoms with Crippen LogP contribution in [0.25, 0.3) is 21.9 Å². The number of carbonyl (C=O) groups excluding carboxylic acids is 1. The Morgan fingerprint density at radius 3 is 2.69 bits per heavy atom. The SMILES string of the molecule is Cc1c(Cl)cccc1-c1cccc2cc(C(=O)NCC3(O)CCNC3)ccc12.Cl. The average molecular weight is 431 g/mol. The number of fused-ring (bicyclic) bond motifs is 1. The van der Waals surface area contributed by atoms with E-state index < -0.39 is 5.60 Å². The molecule has 6 heteroatoms. The summed E-state index contributed by atoms with van der Waals surface area (Å²) >= 11 is 6.30. The first kappa shape index (κ1) is 21.6. The van der Waals surface area contributed by atoms with Crippen molar-refractivity contribution in [1.29, 1.82) is 0 Å². The minimum Gasteiger partial charge on any atom is -0.387 e. The number of rotatable bonds is 4. The third-order valence-corrected chi connectivity index (χ3v) is 5.91. The Hall–Kier alpha value is -2.11. The predicted octanol–water partition coefficient (Wildman–Crippen LogP) is 4.34. The molecule has 3 N–H and O–H groups in total. The van der Waals surface area contributed by atoms with E-state index in [0.29, 0.717) is 18.5 Å². The summed E-state index contributed by atoms with van der Waals surface area (Å²) in [7, 11) is 0. The molecule has 1 amide bonds. The van der Waals surface area contributed by atoms with Gasteiger partial charge in [-0.3, -0.25) is 4.79 Å². The van der Waals surface area contributed by atoms with E-state index in [-0.39, 0.29) is 24.9 Å². The van der Waals surface area contributed by atoms with Gasteiger partial charge < -0.3 is 15.7 Å². The number of halogens is 2. The van der Waals surface area contributed by atoms with Crippen molar-refractivity contribution >= 4 is 40.7 Å². The molecule has 3 aromatic carbocycles. The lowest BCUT2D eigenvalue weighted by Gasteiger charge is -2.21. The van der Waals surface area contributed by atoms with Gasteiger partial charge >= 0.3 is 0 Å². The van der Waals surface area contributed by atoms with Gasteiger partial charge in [-0.15, -0.1) is 12.4 Å². The van der Waals surface area contributed by atoms with Gasteiger partial charge in [0.05, 0.1) is 5.60 Å². The molecule has 152 valence electrons. The molecule has 0 aromatic heterocycles. The number of nitrogens with one attached hydrogen (secondary N) is 2. The van der Waals surface area contributed by atoms with Crippen molar-refractivity contribution in [2.24, 2.45) is 0 Å². The van der Waals surface area contributed by atoms with Crippen molar-refractivity contribution in [2.45, 2.75) is 18.9 Å². The van der Waals surface area contributed by atoms with E-state index in [4.69, 9.17) is 11.6 Å². The van der Waals surface area contributed by atoms with E-state index >= 15 is 0 Å². The van der Waals surface area contributed by atoms with E-state index in [1.165, 1.54) is 0 Å². The molecule has 1 unspecified atom stereocenters. The summed E-state index contributed by atoms with van der Waals surface area (Å²) in [5.74, 6) is -0.174. The van der Waals surface area contributed by atoms with Crippen molar-refractivity contribution in [3.05, 3.63) is 70.7 Å².